The summed E-state index contributed by atoms with van der Waals surface area (Å²) in [6.45, 7) is 12.6. The molecule has 1 aliphatic rings. The Hall–Kier alpha value is 0.0769. The average Bonchev–Trinajstić information content (AvgIpc) is 2.24. The van der Waals surface area contributed by atoms with Crippen LogP contribution < -0.4 is 5.32 Å². The molecule has 1 rings (SSSR count). The van der Waals surface area contributed by atoms with Gasteiger partial charge < -0.3 is 14.5 Å². The molecule has 0 unspecified atom stereocenters. The Kier molecular flexibility index (Phi) is 6.08. The van der Waals surface area contributed by atoms with Crippen LogP contribution in [0.15, 0.2) is 0 Å². The minimum absolute atomic E-state index is 0.0600. The second kappa shape index (κ2) is 6.68. The number of nitrogens with one attached hydrogen (secondary N) is 1. The lowest BCUT2D eigenvalue weighted by Gasteiger charge is -2.44. The van der Waals surface area contributed by atoms with E-state index in [1.54, 1.807) is 0 Å². The van der Waals surface area contributed by atoms with Crippen LogP contribution in [0.3, 0.4) is 0 Å². The van der Waals surface area contributed by atoms with E-state index in [-0.39, 0.29) is 17.0 Å². The number of carbonyl (C=O) groups is 2. The second-order valence-electron chi connectivity index (χ2n) is 6.78. The lowest BCUT2D eigenvalue weighted by molar-refractivity contribution is -0.173. The Balaban J connectivity index is 2.70. The van der Waals surface area contributed by atoms with Crippen LogP contribution in [0.1, 0.15) is 27.7 Å². The fourth-order valence-electron chi connectivity index (χ4n) is 1.82. The standard InChI is InChI=1S/C13H23Br2NO4Si/c1-7(20-21(5,6)13(2,3)4)8-10(17)16-11(8)19-12(18)9(14)15/h7-9,11H,1-6H3,(H,16,17)/t7-,8+,11-/m1/s1. The van der Waals surface area contributed by atoms with E-state index in [1.165, 1.54) is 0 Å². The maximum atomic E-state index is 11.8. The van der Waals surface area contributed by atoms with Gasteiger partial charge in [0.15, 0.2) is 18.3 Å². The molecule has 0 aromatic rings. The first-order valence-electron chi connectivity index (χ1n) is 6.83. The quantitative estimate of drug-likeness (QED) is 0.306. The fraction of sp³-hybridized carbons (Fsp3) is 0.846. The molecule has 8 heteroatoms. The molecule has 1 N–H and O–H groups in total. The van der Waals surface area contributed by atoms with Crippen LogP contribution in [0.4, 0.5) is 0 Å². The van der Waals surface area contributed by atoms with E-state index in [1.807, 2.05) is 6.92 Å². The Bertz CT molecular complexity index is 423. The maximum absolute atomic E-state index is 11.8. The van der Waals surface area contributed by atoms with Gasteiger partial charge in [-0.25, -0.2) is 4.79 Å². The molecule has 3 atom stereocenters. The number of β-lactam (4-membered cyclic amide) rings is 1. The van der Waals surface area contributed by atoms with Crippen molar-refractivity contribution in [2.45, 2.75) is 61.9 Å². The highest BCUT2D eigenvalue weighted by Crippen LogP contribution is 2.39. The number of carbonyl (C=O) groups excluding carboxylic acids is 2. The lowest BCUT2D eigenvalue weighted by Crippen LogP contribution is -2.65. The van der Waals surface area contributed by atoms with Crippen LogP contribution in [0, 0.1) is 5.92 Å². The van der Waals surface area contributed by atoms with Gasteiger partial charge in [0.2, 0.25) is 5.91 Å². The largest absolute Gasteiger partial charge is 0.439 e. The smallest absolute Gasteiger partial charge is 0.332 e. The molecule has 1 aliphatic heterocycles. The third-order valence-electron chi connectivity index (χ3n) is 4.13. The summed E-state index contributed by atoms with van der Waals surface area (Å²) in [6.07, 6.45) is -0.913. The van der Waals surface area contributed by atoms with Gasteiger partial charge in [-0.2, -0.15) is 0 Å². The number of esters is 1. The van der Waals surface area contributed by atoms with Crippen molar-refractivity contribution in [1.29, 1.82) is 0 Å². The van der Waals surface area contributed by atoms with Gasteiger partial charge in [-0.3, -0.25) is 4.79 Å². The molecule has 122 valence electrons. The predicted molar refractivity (Wildman–Crippen MR) is 90.9 cm³/mol. The number of hydrogen-bond donors (Lipinski definition) is 1. The third-order valence-corrected chi connectivity index (χ3v) is 9.45. The van der Waals surface area contributed by atoms with Gasteiger partial charge in [0.05, 0.1) is 6.10 Å². The maximum Gasteiger partial charge on any atom is 0.332 e. The first-order valence-corrected chi connectivity index (χ1v) is 11.6. The van der Waals surface area contributed by atoms with Crippen LogP contribution in [0.5, 0.6) is 0 Å². The van der Waals surface area contributed by atoms with Crippen molar-refractivity contribution in [3.63, 3.8) is 0 Å². The molecule has 0 saturated carbocycles. The normalized spacial score (nSPS) is 24.3. The molecule has 1 saturated heterocycles. The summed E-state index contributed by atoms with van der Waals surface area (Å²) in [5.74, 6) is -1.06. The Labute approximate surface area is 143 Å². The number of alkyl halides is 2. The number of hydrogen-bond acceptors (Lipinski definition) is 4. The minimum atomic E-state index is -1.97. The molecule has 0 aliphatic carbocycles. The van der Waals surface area contributed by atoms with Crippen molar-refractivity contribution >= 4 is 52.1 Å². The van der Waals surface area contributed by atoms with Gasteiger partial charge in [-0.05, 0) is 25.1 Å². The van der Waals surface area contributed by atoms with E-state index in [9.17, 15) is 9.59 Å². The van der Waals surface area contributed by atoms with Crippen molar-refractivity contribution < 1.29 is 18.8 Å². The topological polar surface area (TPSA) is 64.6 Å². The SMILES string of the molecule is C[C@@H](O[Si](C)(C)C(C)(C)C)[C@H]1C(=O)N[C@@H]1OC(=O)C(Br)Br. The Morgan fingerprint density at radius 1 is 1.33 bits per heavy atom. The van der Waals surface area contributed by atoms with E-state index in [0.29, 0.717) is 0 Å². The average molecular weight is 445 g/mol. The molecule has 1 fully saturated rings. The molecule has 0 spiro atoms. The zero-order valence-electron chi connectivity index (χ0n) is 13.2. The first kappa shape index (κ1) is 19.1. The zero-order chi connectivity index (χ0) is 16.6. The summed E-state index contributed by atoms with van der Waals surface area (Å²) < 4.78 is 10.9. The van der Waals surface area contributed by atoms with Gasteiger partial charge in [0.25, 0.3) is 0 Å². The highest BCUT2D eigenvalue weighted by molar-refractivity contribution is 9.25. The molecule has 5 nitrogen and oxygen atoms in total. The monoisotopic (exact) mass is 443 g/mol. The number of rotatable bonds is 5. The summed E-state index contributed by atoms with van der Waals surface area (Å²) in [7, 11) is -1.97. The summed E-state index contributed by atoms with van der Waals surface area (Å²) in [5, 5.41) is 2.66. The number of halogens is 2. The fourth-order valence-corrected chi connectivity index (χ4v) is 3.47. The Morgan fingerprint density at radius 2 is 1.86 bits per heavy atom. The van der Waals surface area contributed by atoms with E-state index >= 15 is 0 Å². The van der Waals surface area contributed by atoms with E-state index in [4.69, 9.17) is 9.16 Å². The molecule has 1 amide bonds. The van der Waals surface area contributed by atoms with Crippen LogP contribution >= 0.6 is 31.9 Å². The summed E-state index contributed by atoms with van der Waals surface area (Å²) in [5.41, 5.74) is 0. The van der Waals surface area contributed by atoms with E-state index < -0.39 is 30.2 Å². The van der Waals surface area contributed by atoms with Gasteiger partial charge in [0.1, 0.15) is 5.92 Å². The van der Waals surface area contributed by atoms with Gasteiger partial charge in [-0.15, -0.1) is 0 Å². The van der Waals surface area contributed by atoms with Crippen molar-refractivity contribution in [2.75, 3.05) is 0 Å². The van der Waals surface area contributed by atoms with Crippen LogP contribution in [-0.4, -0.2) is 36.3 Å². The first-order chi connectivity index (χ1) is 9.36. The minimum Gasteiger partial charge on any atom is -0.439 e. The second-order valence-corrected chi connectivity index (χ2v) is 14.6. The molecule has 0 bridgehead atoms. The van der Waals surface area contributed by atoms with Crippen molar-refractivity contribution in [3.8, 4) is 0 Å². The van der Waals surface area contributed by atoms with Crippen LogP contribution in [0.2, 0.25) is 18.1 Å². The Morgan fingerprint density at radius 3 is 2.24 bits per heavy atom. The van der Waals surface area contributed by atoms with Gasteiger partial charge >= 0.3 is 5.97 Å². The summed E-state index contributed by atoms with van der Waals surface area (Å²) in [4.78, 5) is 23.3. The molecule has 21 heavy (non-hydrogen) atoms. The highest BCUT2D eigenvalue weighted by Gasteiger charge is 2.49. The molecule has 1 heterocycles. The van der Waals surface area contributed by atoms with Crippen LogP contribution in [0.25, 0.3) is 0 Å². The van der Waals surface area contributed by atoms with E-state index in [2.05, 4.69) is 71.0 Å². The molecular weight excluding hydrogens is 422 g/mol. The highest BCUT2D eigenvalue weighted by atomic mass is 79.9. The van der Waals surface area contributed by atoms with Crippen molar-refractivity contribution in [2.24, 2.45) is 5.92 Å². The summed E-state index contributed by atoms with van der Waals surface area (Å²) >= 11 is 6.15. The van der Waals surface area contributed by atoms with Crippen LogP contribution in [-0.2, 0) is 18.8 Å². The number of ether oxygens (including phenoxy) is 1. The molecule has 0 aromatic heterocycles. The molecular formula is C13H23Br2NO4Si. The van der Waals surface area contributed by atoms with Crippen molar-refractivity contribution in [1.82, 2.24) is 5.32 Å². The lowest BCUT2D eigenvalue weighted by atomic mass is 9.93. The zero-order valence-corrected chi connectivity index (χ0v) is 17.4. The van der Waals surface area contributed by atoms with Gasteiger partial charge in [-0.1, -0.05) is 52.6 Å². The predicted octanol–water partition coefficient (Wildman–Crippen LogP) is 3.13. The summed E-state index contributed by atoms with van der Waals surface area (Å²) in [6, 6.07) is 0. The van der Waals surface area contributed by atoms with E-state index in [0.717, 1.165) is 0 Å². The number of amides is 1. The molecule has 0 aromatic carbocycles. The molecule has 0 radical (unpaired) electrons. The van der Waals surface area contributed by atoms with Gasteiger partial charge in [0, 0.05) is 0 Å². The van der Waals surface area contributed by atoms with Crippen molar-refractivity contribution in [3.05, 3.63) is 0 Å². The third kappa shape index (κ3) is 4.53.